The van der Waals surface area contributed by atoms with Crippen molar-refractivity contribution in [1.82, 2.24) is 9.97 Å². The van der Waals surface area contributed by atoms with Crippen LogP contribution < -0.4 is 5.32 Å². The van der Waals surface area contributed by atoms with E-state index in [9.17, 15) is 4.79 Å². The van der Waals surface area contributed by atoms with Crippen molar-refractivity contribution in [2.45, 2.75) is 39.7 Å². The van der Waals surface area contributed by atoms with Gasteiger partial charge in [0.2, 0.25) is 5.95 Å². The Labute approximate surface area is 101 Å². The number of nitrogens with zero attached hydrogens (tertiary/aromatic N) is 2. The van der Waals surface area contributed by atoms with E-state index in [-0.39, 0.29) is 11.7 Å². The molecule has 1 rings (SSSR count). The SMILES string of the molecule is CCC(C)CC(C)Nc1nccc(C(=O)O)n1. The van der Waals surface area contributed by atoms with Gasteiger partial charge in [0, 0.05) is 12.2 Å². The highest BCUT2D eigenvalue weighted by Gasteiger charge is 2.10. The van der Waals surface area contributed by atoms with Crippen molar-refractivity contribution in [2.75, 3.05) is 5.32 Å². The lowest BCUT2D eigenvalue weighted by atomic mass is 10.0. The fourth-order valence-electron chi connectivity index (χ4n) is 1.60. The van der Waals surface area contributed by atoms with Gasteiger partial charge in [0.15, 0.2) is 5.69 Å². The summed E-state index contributed by atoms with van der Waals surface area (Å²) in [7, 11) is 0. The number of rotatable bonds is 6. The molecule has 1 aromatic heterocycles. The van der Waals surface area contributed by atoms with E-state index in [2.05, 4.69) is 29.1 Å². The molecule has 1 aromatic rings. The Morgan fingerprint density at radius 2 is 2.24 bits per heavy atom. The molecule has 2 N–H and O–H groups in total. The lowest BCUT2D eigenvalue weighted by Crippen LogP contribution is -2.20. The topological polar surface area (TPSA) is 75.1 Å². The number of carboxylic acid groups (broad SMARTS) is 1. The molecule has 1 heterocycles. The molecule has 17 heavy (non-hydrogen) atoms. The third-order valence-corrected chi connectivity index (χ3v) is 2.70. The van der Waals surface area contributed by atoms with Crippen molar-refractivity contribution in [3.8, 4) is 0 Å². The van der Waals surface area contributed by atoms with E-state index in [1.807, 2.05) is 6.92 Å². The van der Waals surface area contributed by atoms with Gasteiger partial charge in [-0.05, 0) is 25.3 Å². The summed E-state index contributed by atoms with van der Waals surface area (Å²) in [4.78, 5) is 18.7. The minimum Gasteiger partial charge on any atom is -0.477 e. The summed E-state index contributed by atoms with van der Waals surface area (Å²) < 4.78 is 0. The van der Waals surface area contributed by atoms with E-state index in [1.165, 1.54) is 12.3 Å². The molecule has 2 atom stereocenters. The molecule has 0 amide bonds. The summed E-state index contributed by atoms with van der Waals surface area (Å²) >= 11 is 0. The van der Waals surface area contributed by atoms with Crippen LogP contribution >= 0.6 is 0 Å². The van der Waals surface area contributed by atoms with Crippen LogP contribution in [0.5, 0.6) is 0 Å². The average Bonchev–Trinajstić information content (AvgIpc) is 2.28. The zero-order chi connectivity index (χ0) is 12.8. The molecule has 0 aliphatic carbocycles. The Balaban J connectivity index is 2.62. The van der Waals surface area contributed by atoms with E-state index in [0.717, 1.165) is 12.8 Å². The van der Waals surface area contributed by atoms with Crippen LogP contribution in [-0.2, 0) is 0 Å². The number of aromatic carboxylic acids is 1. The standard InChI is InChI=1S/C12H19N3O2/c1-4-8(2)7-9(3)14-12-13-6-5-10(15-12)11(16)17/h5-6,8-9H,4,7H2,1-3H3,(H,16,17)(H,13,14,15). The molecule has 94 valence electrons. The van der Waals surface area contributed by atoms with Gasteiger partial charge in [0.1, 0.15) is 0 Å². The van der Waals surface area contributed by atoms with Gasteiger partial charge < -0.3 is 10.4 Å². The fraction of sp³-hybridized carbons (Fsp3) is 0.583. The molecule has 0 aliphatic heterocycles. The molecule has 0 bridgehead atoms. The van der Waals surface area contributed by atoms with E-state index in [1.54, 1.807) is 0 Å². The molecule has 0 spiro atoms. The van der Waals surface area contributed by atoms with Crippen LogP contribution in [0, 0.1) is 5.92 Å². The second-order valence-corrected chi connectivity index (χ2v) is 4.37. The van der Waals surface area contributed by atoms with Crippen LogP contribution in [0.2, 0.25) is 0 Å². The van der Waals surface area contributed by atoms with Crippen molar-refractivity contribution < 1.29 is 9.90 Å². The molecule has 0 aromatic carbocycles. The highest BCUT2D eigenvalue weighted by molar-refractivity contribution is 5.85. The first-order chi connectivity index (χ1) is 8.02. The Kier molecular flexibility index (Phi) is 4.87. The maximum absolute atomic E-state index is 10.7. The monoisotopic (exact) mass is 237 g/mol. The quantitative estimate of drug-likeness (QED) is 0.794. The molecule has 0 saturated carbocycles. The minimum absolute atomic E-state index is 0.0123. The molecular formula is C12H19N3O2. The zero-order valence-electron chi connectivity index (χ0n) is 10.5. The largest absolute Gasteiger partial charge is 0.477 e. The summed E-state index contributed by atoms with van der Waals surface area (Å²) in [5, 5.41) is 11.9. The van der Waals surface area contributed by atoms with Crippen LogP contribution in [0.3, 0.4) is 0 Å². The first-order valence-electron chi connectivity index (χ1n) is 5.85. The number of hydrogen-bond donors (Lipinski definition) is 2. The Morgan fingerprint density at radius 1 is 1.53 bits per heavy atom. The van der Waals surface area contributed by atoms with Gasteiger partial charge in [-0.2, -0.15) is 0 Å². The molecule has 0 aliphatic rings. The van der Waals surface area contributed by atoms with Gasteiger partial charge in [-0.3, -0.25) is 0 Å². The lowest BCUT2D eigenvalue weighted by molar-refractivity contribution is 0.0690. The van der Waals surface area contributed by atoms with Crippen LogP contribution in [-0.4, -0.2) is 27.1 Å². The third kappa shape index (κ3) is 4.38. The molecule has 0 saturated heterocycles. The average molecular weight is 237 g/mol. The van der Waals surface area contributed by atoms with Gasteiger partial charge in [0.05, 0.1) is 0 Å². The summed E-state index contributed by atoms with van der Waals surface area (Å²) in [6.07, 6.45) is 3.59. The third-order valence-electron chi connectivity index (χ3n) is 2.70. The van der Waals surface area contributed by atoms with Gasteiger partial charge >= 0.3 is 5.97 Å². The molecule has 5 heteroatoms. The second-order valence-electron chi connectivity index (χ2n) is 4.37. The number of anilines is 1. The van der Waals surface area contributed by atoms with Crippen LogP contribution in [0.1, 0.15) is 44.1 Å². The van der Waals surface area contributed by atoms with Crippen molar-refractivity contribution >= 4 is 11.9 Å². The maximum Gasteiger partial charge on any atom is 0.354 e. The Hall–Kier alpha value is -1.65. The van der Waals surface area contributed by atoms with Gasteiger partial charge in [0.25, 0.3) is 0 Å². The van der Waals surface area contributed by atoms with Crippen LogP contribution in [0.15, 0.2) is 12.3 Å². The van der Waals surface area contributed by atoms with Gasteiger partial charge in [-0.1, -0.05) is 20.3 Å². The fourth-order valence-corrected chi connectivity index (χ4v) is 1.60. The molecule has 0 fully saturated rings. The van der Waals surface area contributed by atoms with Crippen molar-refractivity contribution in [3.63, 3.8) is 0 Å². The molecule has 2 unspecified atom stereocenters. The van der Waals surface area contributed by atoms with E-state index < -0.39 is 5.97 Å². The van der Waals surface area contributed by atoms with E-state index in [4.69, 9.17) is 5.11 Å². The van der Waals surface area contributed by atoms with E-state index in [0.29, 0.717) is 11.9 Å². The second kappa shape index (κ2) is 6.18. The van der Waals surface area contributed by atoms with Gasteiger partial charge in [-0.15, -0.1) is 0 Å². The Morgan fingerprint density at radius 3 is 2.82 bits per heavy atom. The summed E-state index contributed by atoms with van der Waals surface area (Å²) in [6.45, 7) is 6.38. The number of carbonyl (C=O) groups is 1. The first kappa shape index (κ1) is 13.4. The lowest BCUT2D eigenvalue weighted by Gasteiger charge is -2.17. The summed E-state index contributed by atoms with van der Waals surface area (Å²) in [6, 6.07) is 1.61. The van der Waals surface area contributed by atoms with Crippen molar-refractivity contribution in [2.24, 2.45) is 5.92 Å². The Bertz CT molecular complexity index is 382. The van der Waals surface area contributed by atoms with Crippen molar-refractivity contribution in [1.29, 1.82) is 0 Å². The number of nitrogens with one attached hydrogen (secondary N) is 1. The molecule has 0 radical (unpaired) electrons. The molecule has 5 nitrogen and oxygen atoms in total. The van der Waals surface area contributed by atoms with Gasteiger partial charge in [-0.25, -0.2) is 14.8 Å². The number of hydrogen-bond acceptors (Lipinski definition) is 4. The highest BCUT2D eigenvalue weighted by atomic mass is 16.4. The smallest absolute Gasteiger partial charge is 0.354 e. The predicted molar refractivity (Wildman–Crippen MR) is 66.1 cm³/mol. The summed E-state index contributed by atoms with van der Waals surface area (Å²) in [5.74, 6) is -0.0362. The maximum atomic E-state index is 10.7. The minimum atomic E-state index is -1.04. The van der Waals surface area contributed by atoms with Crippen LogP contribution in [0.4, 0.5) is 5.95 Å². The first-order valence-corrected chi connectivity index (χ1v) is 5.85. The number of aromatic nitrogens is 2. The van der Waals surface area contributed by atoms with Crippen LogP contribution in [0.25, 0.3) is 0 Å². The highest BCUT2D eigenvalue weighted by Crippen LogP contribution is 2.12. The molecular weight excluding hydrogens is 218 g/mol. The summed E-state index contributed by atoms with van der Waals surface area (Å²) in [5.41, 5.74) is 0.0123. The predicted octanol–water partition coefficient (Wildman–Crippen LogP) is 2.41. The van der Waals surface area contributed by atoms with E-state index >= 15 is 0 Å². The zero-order valence-corrected chi connectivity index (χ0v) is 10.5. The number of carboxylic acids is 1. The van der Waals surface area contributed by atoms with Crippen molar-refractivity contribution in [3.05, 3.63) is 18.0 Å². The normalized spacial score (nSPS) is 14.1.